The molecule has 0 aromatic heterocycles. The van der Waals surface area contributed by atoms with Gasteiger partial charge in [-0.15, -0.1) is 12.4 Å². The van der Waals surface area contributed by atoms with Crippen LogP contribution < -0.4 is 16.2 Å². The van der Waals surface area contributed by atoms with Crippen molar-refractivity contribution < 1.29 is 0 Å². The number of nitrogens with zero attached hydrogens (tertiary/aromatic N) is 1. The van der Waals surface area contributed by atoms with Crippen molar-refractivity contribution in [3.63, 3.8) is 0 Å². The summed E-state index contributed by atoms with van der Waals surface area (Å²) in [5, 5.41) is 3.69. The fraction of sp³-hybridized carbons (Fsp3) is 0.667. The fourth-order valence-electron chi connectivity index (χ4n) is 3.56. The van der Waals surface area contributed by atoms with Gasteiger partial charge in [0.2, 0.25) is 0 Å². The highest BCUT2D eigenvalue weighted by atomic mass is 35.5. The van der Waals surface area contributed by atoms with Crippen molar-refractivity contribution in [1.82, 2.24) is 21.1 Å². The van der Waals surface area contributed by atoms with E-state index >= 15 is 0 Å². The van der Waals surface area contributed by atoms with E-state index in [4.69, 9.17) is 0 Å². The minimum Gasteiger partial charge on any atom is -0.316 e. The molecule has 23 heavy (non-hydrogen) atoms. The first kappa shape index (κ1) is 18.7. The fourth-order valence-corrected chi connectivity index (χ4v) is 3.56. The molecular weight excluding hydrogens is 308 g/mol. The number of hydrogen-bond donors (Lipinski definition) is 3. The van der Waals surface area contributed by atoms with Crippen molar-refractivity contribution in [3.8, 4) is 0 Å². The van der Waals surface area contributed by atoms with Crippen LogP contribution in [0.3, 0.4) is 0 Å². The average molecular weight is 339 g/mol. The summed E-state index contributed by atoms with van der Waals surface area (Å²) in [5.41, 5.74) is 7.97. The van der Waals surface area contributed by atoms with Gasteiger partial charge in [-0.05, 0) is 50.9 Å². The van der Waals surface area contributed by atoms with Gasteiger partial charge in [-0.25, -0.2) is 0 Å². The minimum absolute atomic E-state index is 0. The average Bonchev–Trinajstić information content (AvgIpc) is 2.95. The minimum atomic E-state index is 0. The van der Waals surface area contributed by atoms with Gasteiger partial charge in [0, 0.05) is 31.6 Å². The van der Waals surface area contributed by atoms with E-state index in [0.29, 0.717) is 6.04 Å². The van der Waals surface area contributed by atoms with E-state index in [0.717, 1.165) is 31.5 Å². The van der Waals surface area contributed by atoms with Crippen LogP contribution in [-0.2, 0) is 6.54 Å². The second kappa shape index (κ2) is 9.60. The lowest BCUT2D eigenvalue weighted by Gasteiger charge is -2.32. The Morgan fingerprint density at radius 3 is 2.52 bits per heavy atom. The smallest absolute Gasteiger partial charge is 0.0237 e. The van der Waals surface area contributed by atoms with Crippen LogP contribution >= 0.6 is 12.4 Å². The number of rotatable bonds is 6. The topological polar surface area (TPSA) is 39.3 Å². The number of benzene rings is 1. The van der Waals surface area contributed by atoms with Gasteiger partial charge in [-0.1, -0.05) is 30.3 Å². The van der Waals surface area contributed by atoms with E-state index in [1.165, 1.54) is 38.0 Å². The Balaban J connectivity index is 0.00000192. The van der Waals surface area contributed by atoms with Gasteiger partial charge in [-0.2, -0.15) is 0 Å². The molecule has 2 atom stereocenters. The summed E-state index contributed by atoms with van der Waals surface area (Å²) in [5.74, 6) is 1.57. The van der Waals surface area contributed by atoms with Gasteiger partial charge in [0.05, 0.1) is 0 Å². The zero-order chi connectivity index (χ0) is 15.2. The molecular formula is C18H31ClN4. The van der Waals surface area contributed by atoms with Crippen molar-refractivity contribution in [3.05, 3.63) is 35.9 Å². The van der Waals surface area contributed by atoms with Crippen LogP contribution in [0.1, 0.15) is 25.3 Å². The highest BCUT2D eigenvalue weighted by Gasteiger charge is 2.23. The third-order valence-electron chi connectivity index (χ3n) is 5.20. The highest BCUT2D eigenvalue weighted by molar-refractivity contribution is 5.85. The Morgan fingerprint density at radius 1 is 1.13 bits per heavy atom. The van der Waals surface area contributed by atoms with Crippen LogP contribution in [0.2, 0.25) is 0 Å². The van der Waals surface area contributed by atoms with E-state index in [1.807, 2.05) is 0 Å². The van der Waals surface area contributed by atoms with Crippen LogP contribution in [0.25, 0.3) is 0 Å². The molecule has 0 saturated carbocycles. The predicted octanol–water partition coefficient (Wildman–Crippen LogP) is 2.02. The molecule has 1 aromatic rings. The number of hydrazine groups is 1. The molecule has 4 nitrogen and oxygen atoms in total. The molecule has 0 radical (unpaired) electrons. The molecule has 2 saturated heterocycles. The molecule has 0 bridgehead atoms. The largest absolute Gasteiger partial charge is 0.316 e. The van der Waals surface area contributed by atoms with Gasteiger partial charge in [0.15, 0.2) is 0 Å². The standard InChI is InChI=1S/C18H30N4.ClH/c1-15-18(13-20-21-15)12-19-11-16-7-9-22(10-8-16)14-17-5-3-2-4-6-17;/h2-6,15-16,18-21H,7-14H2,1H3;1H. The molecule has 130 valence electrons. The molecule has 3 N–H and O–H groups in total. The van der Waals surface area contributed by atoms with E-state index < -0.39 is 0 Å². The molecule has 0 spiro atoms. The zero-order valence-electron chi connectivity index (χ0n) is 14.1. The predicted molar refractivity (Wildman–Crippen MR) is 98.7 cm³/mol. The normalized spacial score (nSPS) is 26.1. The summed E-state index contributed by atoms with van der Waals surface area (Å²) >= 11 is 0. The summed E-state index contributed by atoms with van der Waals surface area (Å²) < 4.78 is 0. The van der Waals surface area contributed by atoms with E-state index in [1.54, 1.807) is 0 Å². The summed E-state index contributed by atoms with van der Waals surface area (Å²) in [6.45, 7) is 9.25. The van der Waals surface area contributed by atoms with Gasteiger partial charge in [0.25, 0.3) is 0 Å². The van der Waals surface area contributed by atoms with Crippen LogP contribution in [0.4, 0.5) is 0 Å². The van der Waals surface area contributed by atoms with Crippen LogP contribution in [0, 0.1) is 11.8 Å². The summed E-state index contributed by atoms with van der Waals surface area (Å²) in [7, 11) is 0. The Morgan fingerprint density at radius 2 is 1.87 bits per heavy atom. The van der Waals surface area contributed by atoms with Crippen molar-refractivity contribution in [1.29, 1.82) is 0 Å². The molecule has 0 amide bonds. The molecule has 2 fully saturated rings. The Labute approximate surface area is 146 Å². The maximum absolute atomic E-state index is 3.69. The second-order valence-electron chi connectivity index (χ2n) is 6.94. The van der Waals surface area contributed by atoms with E-state index in [-0.39, 0.29) is 12.4 Å². The summed E-state index contributed by atoms with van der Waals surface area (Å²) in [6.07, 6.45) is 2.66. The first-order chi connectivity index (χ1) is 10.8. The lowest BCUT2D eigenvalue weighted by Crippen LogP contribution is -2.39. The van der Waals surface area contributed by atoms with Crippen molar-refractivity contribution in [2.24, 2.45) is 11.8 Å². The molecule has 2 aliphatic rings. The first-order valence-corrected chi connectivity index (χ1v) is 8.76. The maximum Gasteiger partial charge on any atom is 0.0237 e. The van der Waals surface area contributed by atoms with Crippen molar-refractivity contribution in [2.45, 2.75) is 32.4 Å². The monoisotopic (exact) mass is 338 g/mol. The quantitative estimate of drug-likeness (QED) is 0.742. The van der Waals surface area contributed by atoms with Crippen molar-refractivity contribution in [2.75, 3.05) is 32.7 Å². The SMILES string of the molecule is CC1NNCC1CNCC1CCN(Cc2ccccc2)CC1.Cl. The van der Waals surface area contributed by atoms with E-state index in [2.05, 4.69) is 58.3 Å². The summed E-state index contributed by atoms with van der Waals surface area (Å²) in [6, 6.07) is 11.4. The van der Waals surface area contributed by atoms with Crippen LogP contribution in [0.5, 0.6) is 0 Å². The van der Waals surface area contributed by atoms with Crippen LogP contribution in [0.15, 0.2) is 30.3 Å². The zero-order valence-corrected chi connectivity index (χ0v) is 14.9. The number of likely N-dealkylation sites (tertiary alicyclic amines) is 1. The molecule has 1 aromatic carbocycles. The van der Waals surface area contributed by atoms with Crippen LogP contribution in [-0.4, -0.2) is 43.7 Å². The molecule has 0 aliphatic carbocycles. The Bertz CT molecular complexity index is 434. The number of hydrogen-bond acceptors (Lipinski definition) is 4. The molecule has 2 aliphatic heterocycles. The van der Waals surface area contributed by atoms with Gasteiger partial charge in [0.1, 0.15) is 0 Å². The van der Waals surface area contributed by atoms with Gasteiger partial charge < -0.3 is 5.32 Å². The lowest BCUT2D eigenvalue weighted by atomic mass is 9.96. The third kappa shape index (κ3) is 5.73. The maximum atomic E-state index is 3.69. The van der Waals surface area contributed by atoms with Crippen molar-refractivity contribution >= 4 is 12.4 Å². The lowest BCUT2D eigenvalue weighted by molar-refractivity contribution is 0.174. The van der Waals surface area contributed by atoms with Gasteiger partial charge in [-0.3, -0.25) is 15.8 Å². The molecule has 5 heteroatoms. The third-order valence-corrected chi connectivity index (χ3v) is 5.20. The number of piperidine rings is 1. The molecule has 2 heterocycles. The van der Waals surface area contributed by atoms with E-state index in [9.17, 15) is 0 Å². The highest BCUT2D eigenvalue weighted by Crippen LogP contribution is 2.18. The molecule has 2 unspecified atom stereocenters. The second-order valence-corrected chi connectivity index (χ2v) is 6.94. The Hall–Kier alpha value is -0.650. The first-order valence-electron chi connectivity index (χ1n) is 8.76. The van der Waals surface area contributed by atoms with Gasteiger partial charge >= 0.3 is 0 Å². The number of halogens is 1. The molecule has 3 rings (SSSR count). The number of nitrogens with one attached hydrogen (secondary N) is 3. The Kier molecular flexibility index (Phi) is 7.80. The summed E-state index contributed by atoms with van der Waals surface area (Å²) in [4.78, 5) is 2.60.